The quantitative estimate of drug-likeness (QED) is 0.0482. The van der Waals surface area contributed by atoms with Gasteiger partial charge in [0, 0.05) is 5.92 Å². The molecule has 0 amide bonds. The van der Waals surface area contributed by atoms with E-state index in [2.05, 4.69) is 20.8 Å². The molecule has 4 saturated carbocycles. The van der Waals surface area contributed by atoms with Crippen LogP contribution in [-0.2, 0) is 47.5 Å². The molecule has 0 bridgehead atoms. The van der Waals surface area contributed by atoms with Gasteiger partial charge in [0.1, 0.15) is 85.5 Å². The smallest absolute Gasteiger partial charge is 0.340 e. The number of allylic oxidation sites excluding steroid dienone is 2. The Balaban J connectivity index is 1.06. The lowest BCUT2D eigenvalue weighted by atomic mass is 9.35. The number of fused-ring (bicyclic) bond motifs is 5. The Bertz CT molecular complexity index is 2090. The van der Waals surface area contributed by atoms with Gasteiger partial charge in [-0.05, 0) is 126 Å². The summed E-state index contributed by atoms with van der Waals surface area (Å²) in [5.41, 5.74) is -4.29. The molecule has 4 heterocycles. The summed E-state index contributed by atoms with van der Waals surface area (Å²) in [4.78, 5) is 28.6. The van der Waals surface area contributed by atoms with Gasteiger partial charge < -0.3 is 109 Å². The third kappa shape index (κ3) is 10.4. The van der Waals surface area contributed by atoms with Crippen LogP contribution in [0.4, 0.5) is 0 Å². The first kappa shape index (κ1) is 61.0. The summed E-state index contributed by atoms with van der Waals surface area (Å²) in [7, 11) is 0. The fourth-order valence-corrected chi connectivity index (χ4v) is 15.8. The average molecular weight is 1110 g/mol. The molecule has 4 saturated heterocycles. The summed E-state index contributed by atoms with van der Waals surface area (Å²) in [6.45, 7) is 11.4. The van der Waals surface area contributed by atoms with Crippen molar-refractivity contribution < 1.29 is 119 Å². The highest BCUT2D eigenvalue weighted by Gasteiger charge is 2.72. The fourth-order valence-electron chi connectivity index (χ4n) is 15.8. The molecule has 14 N–H and O–H groups in total. The first-order valence-electron chi connectivity index (χ1n) is 27.4. The third-order valence-electron chi connectivity index (χ3n) is 20.5. The predicted octanol–water partition coefficient (Wildman–Crippen LogP) is -1.94. The number of carbonyl (C=O) groups is 2. The van der Waals surface area contributed by atoms with E-state index in [0.717, 1.165) is 5.57 Å². The minimum Gasteiger partial charge on any atom is -0.481 e. The molecule has 8 fully saturated rings. The van der Waals surface area contributed by atoms with Crippen molar-refractivity contribution in [3.05, 3.63) is 11.6 Å². The Morgan fingerprint density at radius 2 is 1.18 bits per heavy atom. The monoisotopic (exact) mass is 1110 g/mol. The minimum absolute atomic E-state index is 0.0291. The number of aliphatic hydroxyl groups is 13. The number of ether oxygens (including phenoxy) is 8. The summed E-state index contributed by atoms with van der Waals surface area (Å²) in [5.74, 6) is -3.62. The maximum absolute atomic E-state index is 14.5. The summed E-state index contributed by atoms with van der Waals surface area (Å²) in [5, 5.41) is 152. The van der Waals surface area contributed by atoms with Crippen molar-refractivity contribution >= 4 is 11.9 Å². The number of aliphatic carboxylic acids is 1. The highest BCUT2D eigenvalue weighted by Crippen LogP contribution is 2.76. The largest absolute Gasteiger partial charge is 0.481 e. The summed E-state index contributed by atoms with van der Waals surface area (Å²) in [6.07, 6.45) is -26.8. The zero-order valence-corrected chi connectivity index (χ0v) is 45.0. The van der Waals surface area contributed by atoms with Gasteiger partial charge in [-0.3, -0.25) is 4.79 Å². The van der Waals surface area contributed by atoms with Crippen LogP contribution in [0, 0.1) is 45.3 Å². The number of carboxylic acid groups (broad SMARTS) is 1. The Labute approximate surface area is 447 Å². The number of rotatable bonds is 15. The van der Waals surface area contributed by atoms with E-state index in [1.165, 1.54) is 6.92 Å². The number of aliphatic hydroxyl groups excluding tert-OH is 12. The second-order valence-electron chi connectivity index (χ2n) is 24.8. The molecule has 0 aromatic carbocycles. The molecule has 442 valence electrons. The van der Waals surface area contributed by atoms with E-state index in [1.54, 1.807) is 6.92 Å². The summed E-state index contributed by atoms with van der Waals surface area (Å²) in [6, 6.07) is 0. The van der Waals surface area contributed by atoms with Gasteiger partial charge in [0.2, 0.25) is 6.29 Å². The molecule has 29 atom stereocenters. The van der Waals surface area contributed by atoms with Crippen LogP contribution in [0.1, 0.15) is 113 Å². The second-order valence-corrected chi connectivity index (χ2v) is 24.8. The minimum atomic E-state index is -2.09. The number of hydrogen-bond donors (Lipinski definition) is 14. The zero-order valence-electron chi connectivity index (χ0n) is 45.0. The van der Waals surface area contributed by atoms with Gasteiger partial charge in [-0.25, -0.2) is 4.79 Å². The van der Waals surface area contributed by atoms with Crippen molar-refractivity contribution in [3.63, 3.8) is 0 Å². The van der Waals surface area contributed by atoms with E-state index in [4.69, 9.17) is 37.9 Å². The summed E-state index contributed by atoms with van der Waals surface area (Å²) < 4.78 is 47.8. The second kappa shape index (κ2) is 22.9. The first-order chi connectivity index (χ1) is 36.0. The molecular formula is C53H86O24. The fraction of sp³-hybridized carbons (Fsp3) is 0.925. The Morgan fingerprint density at radius 1 is 0.623 bits per heavy atom. The van der Waals surface area contributed by atoms with E-state index in [9.17, 15) is 81.1 Å². The lowest BCUT2D eigenvalue weighted by Gasteiger charge is -2.69. The standard InChI is InChI=1S/C53H86O24/c1-22(2)9-8-15-53(69,48(68)77-45-40(65)37(62)34(59)28(20-55)73-45)25-12-17-50(5)24(25)10-11-29-49(4)16-14-31(52(7,47(66)67)30(49)13-18-51(29,50)6)74-46-42(76-43-38(63)35(60)32(57)23(3)71-43)41(26(56)21-70-46)75-44-39(64)36(61)33(58)27(19-54)72-44/h9,23-46,54-65,69H,8,10-21H2,1-7H3,(H,66,67)/t23-,24+,25-,26-,27+,28+,29+,30+,31-,32-,33+,34+,35+,36-,37-,38+,39+,40+,41-,42+,43-,44-,45-,46-,49+,50+,51+,52-,53-/m0/s1. The number of carboxylic acids is 1. The Kier molecular flexibility index (Phi) is 18.1. The number of esters is 1. The van der Waals surface area contributed by atoms with Crippen molar-refractivity contribution in [2.24, 2.45) is 45.3 Å². The zero-order chi connectivity index (χ0) is 56.6. The Hall–Kier alpha value is -2.12. The molecule has 0 aromatic rings. The van der Waals surface area contributed by atoms with Crippen LogP contribution >= 0.6 is 0 Å². The van der Waals surface area contributed by atoms with Crippen LogP contribution in [0.2, 0.25) is 0 Å². The van der Waals surface area contributed by atoms with Crippen molar-refractivity contribution in [3.8, 4) is 0 Å². The maximum Gasteiger partial charge on any atom is 0.340 e. The molecule has 77 heavy (non-hydrogen) atoms. The van der Waals surface area contributed by atoms with Gasteiger partial charge in [-0.2, -0.15) is 0 Å². The molecule has 4 aliphatic carbocycles. The SMILES string of the molecule is CC(C)=CCC[C@@](O)(C(=O)O[C@@H]1O[C@H](CO)[C@@H](O)[C@H](O)[C@H]1O)[C@H]1CC[C@]2(C)[C@@H]1CC[C@@H]1[C@@]3(C)CC[C@H](O[C@@H]4OC[C@H](O)[C@H](O[C@@H]5O[C@H](CO)[C@@H](O)[C@H](O)[C@H]5O)[C@H]4O[C@@H]4O[C@@H](C)[C@H](O)[C@@H](O)[C@H]4O)[C@@](C)(C(=O)O)[C@@H]3CC[C@]12C. The van der Waals surface area contributed by atoms with Crippen molar-refractivity contribution in [2.45, 2.75) is 241 Å². The van der Waals surface area contributed by atoms with Crippen molar-refractivity contribution in [1.82, 2.24) is 0 Å². The highest BCUT2D eigenvalue weighted by atomic mass is 16.8. The lowest BCUT2D eigenvalue weighted by Crippen LogP contribution is -2.68. The van der Waals surface area contributed by atoms with E-state index < -0.39 is 194 Å². The topological polar surface area (TPSA) is 391 Å². The third-order valence-corrected chi connectivity index (χ3v) is 20.5. The van der Waals surface area contributed by atoms with E-state index in [0.29, 0.717) is 51.4 Å². The van der Waals surface area contributed by atoms with E-state index >= 15 is 0 Å². The van der Waals surface area contributed by atoms with Gasteiger partial charge >= 0.3 is 11.9 Å². The molecule has 4 aliphatic heterocycles. The molecule has 24 heteroatoms. The highest BCUT2D eigenvalue weighted by molar-refractivity contribution is 5.80. The average Bonchev–Trinajstić information content (AvgIpc) is 3.99. The van der Waals surface area contributed by atoms with Crippen LogP contribution in [0.25, 0.3) is 0 Å². The van der Waals surface area contributed by atoms with Gasteiger partial charge in [0.15, 0.2) is 24.5 Å². The predicted molar refractivity (Wildman–Crippen MR) is 261 cm³/mol. The normalized spacial score (nSPS) is 51.8. The van der Waals surface area contributed by atoms with Crippen molar-refractivity contribution in [2.75, 3.05) is 19.8 Å². The van der Waals surface area contributed by atoms with Crippen LogP contribution in [0.15, 0.2) is 11.6 Å². The van der Waals surface area contributed by atoms with E-state index in [1.807, 2.05) is 19.9 Å². The van der Waals surface area contributed by atoms with Crippen LogP contribution in [-0.4, -0.2) is 232 Å². The maximum atomic E-state index is 14.5. The first-order valence-corrected chi connectivity index (χ1v) is 27.4. The molecule has 8 rings (SSSR count). The Morgan fingerprint density at radius 3 is 1.78 bits per heavy atom. The molecule has 0 unspecified atom stereocenters. The van der Waals surface area contributed by atoms with Gasteiger partial charge in [-0.1, -0.05) is 32.4 Å². The van der Waals surface area contributed by atoms with Crippen LogP contribution in [0.5, 0.6) is 0 Å². The molecular weight excluding hydrogens is 1020 g/mol. The van der Waals surface area contributed by atoms with Gasteiger partial charge in [-0.15, -0.1) is 0 Å². The number of hydrogen-bond acceptors (Lipinski definition) is 23. The van der Waals surface area contributed by atoms with Gasteiger partial charge in [0.25, 0.3) is 0 Å². The van der Waals surface area contributed by atoms with E-state index in [-0.39, 0.29) is 24.7 Å². The van der Waals surface area contributed by atoms with Crippen LogP contribution in [0.3, 0.4) is 0 Å². The van der Waals surface area contributed by atoms with Crippen molar-refractivity contribution in [1.29, 1.82) is 0 Å². The number of carbonyl (C=O) groups excluding carboxylic acids is 1. The molecule has 0 radical (unpaired) electrons. The molecule has 24 nitrogen and oxygen atoms in total. The molecule has 0 aromatic heterocycles. The van der Waals surface area contributed by atoms with Crippen LogP contribution < -0.4 is 0 Å². The molecule has 8 aliphatic rings. The summed E-state index contributed by atoms with van der Waals surface area (Å²) >= 11 is 0. The lowest BCUT2D eigenvalue weighted by molar-refractivity contribution is -0.388. The molecule has 0 spiro atoms. The van der Waals surface area contributed by atoms with Gasteiger partial charge in [0.05, 0.1) is 37.4 Å².